The van der Waals surface area contributed by atoms with Gasteiger partial charge in [0.2, 0.25) is 0 Å². The van der Waals surface area contributed by atoms with Gasteiger partial charge in [-0.1, -0.05) is 12.8 Å². The number of amides is 1. The lowest BCUT2D eigenvalue weighted by Crippen LogP contribution is -2.44. The largest absolute Gasteiger partial charge is 0.349 e. The van der Waals surface area contributed by atoms with E-state index in [1.165, 1.54) is 17.7 Å². The molecule has 0 spiro atoms. The number of nitrogens with two attached hydrogens (primary N) is 1. The van der Waals surface area contributed by atoms with Crippen molar-refractivity contribution in [3.63, 3.8) is 0 Å². The van der Waals surface area contributed by atoms with Crippen LogP contribution >= 0.6 is 11.8 Å². The van der Waals surface area contributed by atoms with Gasteiger partial charge in [0.25, 0.3) is 5.91 Å². The summed E-state index contributed by atoms with van der Waals surface area (Å²) in [4.78, 5) is 13.4. The van der Waals surface area contributed by atoms with Crippen LogP contribution in [0.4, 0.5) is 0 Å². The van der Waals surface area contributed by atoms with E-state index in [1.807, 2.05) is 30.5 Å². The normalized spacial score (nSPS) is 23.1. The number of thioether (sulfide) groups is 1. The molecule has 1 aromatic rings. The van der Waals surface area contributed by atoms with E-state index in [4.69, 9.17) is 5.73 Å². The van der Waals surface area contributed by atoms with Crippen LogP contribution in [0.1, 0.15) is 36.0 Å². The highest BCUT2D eigenvalue weighted by Crippen LogP contribution is 2.24. The third kappa shape index (κ3) is 3.74. The highest BCUT2D eigenvalue weighted by molar-refractivity contribution is 7.98. The summed E-state index contributed by atoms with van der Waals surface area (Å²) < 4.78 is 0. The van der Waals surface area contributed by atoms with Crippen molar-refractivity contribution in [2.45, 2.75) is 36.6 Å². The molecule has 2 unspecified atom stereocenters. The molecule has 104 valence electrons. The average Bonchev–Trinajstić information content (AvgIpc) is 2.48. The monoisotopic (exact) mass is 278 g/mol. The predicted molar refractivity (Wildman–Crippen MR) is 80.5 cm³/mol. The molecule has 1 aliphatic rings. The van der Waals surface area contributed by atoms with Gasteiger partial charge >= 0.3 is 0 Å². The second-order valence-corrected chi connectivity index (χ2v) is 5.97. The molecular weight excluding hydrogens is 256 g/mol. The maximum absolute atomic E-state index is 12.2. The summed E-state index contributed by atoms with van der Waals surface area (Å²) >= 11 is 1.68. The van der Waals surface area contributed by atoms with Gasteiger partial charge in [-0.05, 0) is 55.8 Å². The number of hydrogen-bond donors (Lipinski definition) is 2. The van der Waals surface area contributed by atoms with Crippen molar-refractivity contribution in [1.29, 1.82) is 0 Å². The topological polar surface area (TPSA) is 55.1 Å². The van der Waals surface area contributed by atoms with Gasteiger partial charge in [-0.3, -0.25) is 4.79 Å². The number of hydrogen-bond acceptors (Lipinski definition) is 3. The summed E-state index contributed by atoms with van der Waals surface area (Å²) in [6, 6.07) is 8.00. The van der Waals surface area contributed by atoms with Crippen molar-refractivity contribution in [2.75, 3.05) is 12.8 Å². The molecule has 19 heavy (non-hydrogen) atoms. The van der Waals surface area contributed by atoms with E-state index < -0.39 is 0 Å². The predicted octanol–water partition coefficient (Wildman–Crippen LogP) is 2.66. The second-order valence-electron chi connectivity index (χ2n) is 5.09. The Morgan fingerprint density at radius 2 is 2.00 bits per heavy atom. The molecular formula is C15H22N2OS. The first kappa shape index (κ1) is 14.4. The van der Waals surface area contributed by atoms with E-state index in [-0.39, 0.29) is 11.9 Å². The third-order valence-corrected chi connectivity index (χ3v) is 4.62. The Morgan fingerprint density at radius 1 is 1.32 bits per heavy atom. The Hall–Kier alpha value is -1.00. The number of carbonyl (C=O) groups is 1. The molecule has 3 nitrogen and oxygen atoms in total. The van der Waals surface area contributed by atoms with Crippen LogP contribution in [0.3, 0.4) is 0 Å². The van der Waals surface area contributed by atoms with Crippen LogP contribution in [0.25, 0.3) is 0 Å². The molecule has 1 aromatic carbocycles. The smallest absolute Gasteiger partial charge is 0.251 e. The molecule has 3 N–H and O–H groups in total. The Bertz CT molecular complexity index is 419. The Labute approximate surface area is 119 Å². The van der Waals surface area contributed by atoms with Crippen molar-refractivity contribution < 1.29 is 4.79 Å². The van der Waals surface area contributed by atoms with Gasteiger partial charge in [-0.25, -0.2) is 0 Å². The minimum Gasteiger partial charge on any atom is -0.349 e. The minimum absolute atomic E-state index is 0.0259. The standard InChI is InChI=1S/C15H22N2OS/c1-19-13-8-6-11(7-9-13)15(18)17-14-5-3-2-4-12(14)10-16/h6-9,12,14H,2-5,10,16H2,1H3,(H,17,18). The first-order valence-corrected chi connectivity index (χ1v) is 8.12. The van der Waals surface area contributed by atoms with Crippen molar-refractivity contribution in [3.8, 4) is 0 Å². The molecule has 0 heterocycles. The molecule has 0 radical (unpaired) electrons. The summed E-state index contributed by atoms with van der Waals surface area (Å²) in [5.41, 5.74) is 6.53. The number of rotatable bonds is 4. The van der Waals surface area contributed by atoms with Crippen LogP contribution < -0.4 is 11.1 Å². The van der Waals surface area contributed by atoms with E-state index in [2.05, 4.69) is 5.32 Å². The summed E-state index contributed by atoms with van der Waals surface area (Å²) in [6.45, 7) is 0.663. The molecule has 0 aromatic heterocycles. The van der Waals surface area contributed by atoms with Crippen LogP contribution in [0, 0.1) is 5.92 Å². The van der Waals surface area contributed by atoms with Gasteiger partial charge in [0, 0.05) is 16.5 Å². The van der Waals surface area contributed by atoms with Crippen molar-refractivity contribution in [2.24, 2.45) is 11.7 Å². The van der Waals surface area contributed by atoms with E-state index in [9.17, 15) is 4.79 Å². The maximum atomic E-state index is 12.2. The molecule has 1 aliphatic carbocycles. The summed E-state index contributed by atoms with van der Waals surface area (Å²) in [5, 5.41) is 3.15. The minimum atomic E-state index is 0.0259. The zero-order valence-corrected chi connectivity index (χ0v) is 12.2. The Morgan fingerprint density at radius 3 is 2.63 bits per heavy atom. The van der Waals surface area contributed by atoms with Crippen molar-refractivity contribution in [3.05, 3.63) is 29.8 Å². The molecule has 0 aliphatic heterocycles. The number of nitrogens with one attached hydrogen (secondary N) is 1. The molecule has 1 fully saturated rings. The number of carbonyl (C=O) groups excluding carboxylic acids is 1. The van der Waals surface area contributed by atoms with E-state index in [0.717, 1.165) is 18.4 Å². The zero-order chi connectivity index (χ0) is 13.7. The van der Waals surface area contributed by atoms with E-state index >= 15 is 0 Å². The lowest BCUT2D eigenvalue weighted by atomic mass is 9.84. The molecule has 1 amide bonds. The second kappa shape index (κ2) is 6.96. The first-order valence-electron chi connectivity index (χ1n) is 6.89. The quantitative estimate of drug-likeness (QED) is 0.833. The highest BCUT2D eigenvalue weighted by Gasteiger charge is 2.25. The lowest BCUT2D eigenvalue weighted by Gasteiger charge is -2.31. The molecule has 4 heteroatoms. The van der Waals surface area contributed by atoms with Crippen LogP contribution in [-0.4, -0.2) is 24.7 Å². The summed E-state index contributed by atoms with van der Waals surface area (Å²) in [5.74, 6) is 0.459. The van der Waals surface area contributed by atoms with Crippen LogP contribution in [0.15, 0.2) is 29.2 Å². The van der Waals surface area contributed by atoms with Gasteiger partial charge in [0.05, 0.1) is 0 Å². The fourth-order valence-electron chi connectivity index (χ4n) is 2.67. The Kier molecular flexibility index (Phi) is 5.28. The van der Waals surface area contributed by atoms with E-state index in [1.54, 1.807) is 11.8 Å². The fourth-order valence-corrected chi connectivity index (χ4v) is 3.08. The molecule has 0 saturated heterocycles. The van der Waals surface area contributed by atoms with Gasteiger partial charge in [0.15, 0.2) is 0 Å². The van der Waals surface area contributed by atoms with Gasteiger partial charge in [-0.2, -0.15) is 0 Å². The SMILES string of the molecule is CSc1ccc(C(=O)NC2CCCCC2CN)cc1. The maximum Gasteiger partial charge on any atom is 0.251 e. The van der Waals surface area contributed by atoms with Crippen molar-refractivity contribution >= 4 is 17.7 Å². The molecule has 0 bridgehead atoms. The highest BCUT2D eigenvalue weighted by atomic mass is 32.2. The van der Waals surface area contributed by atoms with Gasteiger partial charge in [0.1, 0.15) is 0 Å². The first-order chi connectivity index (χ1) is 9.24. The number of benzene rings is 1. The van der Waals surface area contributed by atoms with Crippen molar-refractivity contribution in [1.82, 2.24) is 5.32 Å². The van der Waals surface area contributed by atoms with Crippen LogP contribution in [0.5, 0.6) is 0 Å². The van der Waals surface area contributed by atoms with Gasteiger partial charge in [-0.15, -0.1) is 11.8 Å². The third-order valence-electron chi connectivity index (χ3n) is 3.88. The summed E-state index contributed by atoms with van der Waals surface area (Å²) in [6.07, 6.45) is 6.63. The van der Waals surface area contributed by atoms with Crippen LogP contribution in [0.2, 0.25) is 0 Å². The van der Waals surface area contributed by atoms with Crippen LogP contribution in [-0.2, 0) is 0 Å². The van der Waals surface area contributed by atoms with Gasteiger partial charge < -0.3 is 11.1 Å². The average molecular weight is 278 g/mol. The summed E-state index contributed by atoms with van der Waals surface area (Å²) in [7, 11) is 0. The molecule has 2 rings (SSSR count). The zero-order valence-electron chi connectivity index (χ0n) is 11.4. The fraction of sp³-hybridized carbons (Fsp3) is 0.533. The Balaban J connectivity index is 1.98. The lowest BCUT2D eigenvalue weighted by molar-refractivity contribution is 0.0908. The molecule has 2 atom stereocenters. The van der Waals surface area contributed by atoms with E-state index in [0.29, 0.717) is 12.5 Å². The molecule has 1 saturated carbocycles.